The molecule has 0 radical (unpaired) electrons. The number of carbonyl (C=O) groups is 3. The number of esters is 1. The molecule has 0 saturated heterocycles. The summed E-state index contributed by atoms with van der Waals surface area (Å²) in [6.07, 6.45) is 0. The monoisotopic (exact) mass is 544 g/mol. The number of carbonyl (C=O) groups excluding carboxylic acids is 3. The third-order valence-corrected chi connectivity index (χ3v) is 5.53. The first kappa shape index (κ1) is 21.1. The molecule has 1 aliphatic rings. The maximum absolute atomic E-state index is 12.8. The molecule has 0 fully saturated rings. The van der Waals surface area contributed by atoms with Crippen molar-refractivity contribution in [2.75, 3.05) is 10.2 Å². The molecule has 0 bridgehead atoms. The van der Waals surface area contributed by atoms with E-state index in [1.165, 1.54) is 0 Å². The van der Waals surface area contributed by atoms with Crippen LogP contribution >= 0.6 is 34.2 Å². The number of imide groups is 1. The van der Waals surface area contributed by atoms with E-state index in [-0.39, 0.29) is 10.7 Å². The number of benzene rings is 3. The Balaban J connectivity index is 1.48. The molecule has 0 unspecified atom stereocenters. The molecule has 2 amide bonds. The summed E-state index contributed by atoms with van der Waals surface area (Å²) in [4.78, 5) is 38.6. The first-order chi connectivity index (χ1) is 14.9. The minimum Gasteiger partial charge on any atom is -0.423 e. The predicted molar refractivity (Wildman–Crippen MR) is 126 cm³/mol. The number of halogens is 2. The summed E-state index contributed by atoms with van der Waals surface area (Å²) in [6, 6.07) is 22.0. The van der Waals surface area contributed by atoms with Crippen molar-refractivity contribution < 1.29 is 19.1 Å². The van der Waals surface area contributed by atoms with Crippen molar-refractivity contribution in [3.05, 3.63) is 98.7 Å². The fourth-order valence-electron chi connectivity index (χ4n) is 2.92. The van der Waals surface area contributed by atoms with Gasteiger partial charge >= 0.3 is 5.97 Å². The number of anilines is 2. The SMILES string of the molecule is O=C(Oc1ccccc1)c1ccc(NC2=C(Cl)C(=O)N(c3ccc(I)cc3)C2=O)cc1. The predicted octanol–water partition coefficient (Wildman–Crippen LogP) is 4.95. The van der Waals surface area contributed by atoms with Gasteiger partial charge in [-0.1, -0.05) is 29.8 Å². The molecule has 3 aromatic rings. The van der Waals surface area contributed by atoms with Crippen LogP contribution in [-0.4, -0.2) is 17.8 Å². The van der Waals surface area contributed by atoms with Crippen molar-refractivity contribution in [1.82, 2.24) is 0 Å². The highest BCUT2D eigenvalue weighted by Gasteiger charge is 2.38. The Morgan fingerprint density at radius 2 is 1.52 bits per heavy atom. The van der Waals surface area contributed by atoms with E-state index in [0.29, 0.717) is 22.7 Å². The van der Waals surface area contributed by atoms with Crippen LogP contribution in [0, 0.1) is 3.57 Å². The highest BCUT2D eigenvalue weighted by molar-refractivity contribution is 14.1. The van der Waals surface area contributed by atoms with Crippen LogP contribution in [0.25, 0.3) is 0 Å². The lowest BCUT2D eigenvalue weighted by Crippen LogP contribution is -2.32. The lowest BCUT2D eigenvalue weighted by Gasteiger charge is -2.15. The van der Waals surface area contributed by atoms with Crippen LogP contribution in [0.3, 0.4) is 0 Å². The quantitative estimate of drug-likeness (QED) is 0.213. The van der Waals surface area contributed by atoms with Gasteiger partial charge in [-0.25, -0.2) is 9.69 Å². The van der Waals surface area contributed by atoms with E-state index in [9.17, 15) is 14.4 Å². The van der Waals surface area contributed by atoms with Gasteiger partial charge in [-0.2, -0.15) is 0 Å². The fraction of sp³-hybridized carbons (Fsp3) is 0. The van der Waals surface area contributed by atoms with Gasteiger partial charge in [-0.05, 0) is 83.3 Å². The second kappa shape index (κ2) is 8.91. The van der Waals surface area contributed by atoms with Gasteiger partial charge in [0, 0.05) is 9.26 Å². The van der Waals surface area contributed by atoms with Crippen molar-refractivity contribution in [2.24, 2.45) is 0 Å². The molecule has 0 aliphatic carbocycles. The smallest absolute Gasteiger partial charge is 0.343 e. The highest BCUT2D eigenvalue weighted by Crippen LogP contribution is 2.30. The molecule has 1 heterocycles. The molecular formula is C23H14ClIN2O4. The average molecular weight is 545 g/mol. The van der Waals surface area contributed by atoms with Gasteiger partial charge in [0.05, 0.1) is 11.3 Å². The number of rotatable bonds is 5. The van der Waals surface area contributed by atoms with Gasteiger partial charge in [-0.15, -0.1) is 0 Å². The topological polar surface area (TPSA) is 75.7 Å². The lowest BCUT2D eigenvalue weighted by atomic mass is 10.2. The summed E-state index contributed by atoms with van der Waals surface area (Å²) in [5, 5.41) is 2.68. The summed E-state index contributed by atoms with van der Waals surface area (Å²) >= 11 is 8.29. The molecule has 0 aromatic heterocycles. The van der Waals surface area contributed by atoms with E-state index in [1.54, 1.807) is 72.8 Å². The normalized spacial score (nSPS) is 13.5. The van der Waals surface area contributed by atoms with Gasteiger partial charge in [0.2, 0.25) is 0 Å². The van der Waals surface area contributed by atoms with Crippen molar-refractivity contribution >= 4 is 63.4 Å². The number of nitrogens with zero attached hydrogens (tertiary/aromatic N) is 1. The molecule has 0 saturated carbocycles. The Bertz CT molecular complexity index is 1190. The molecule has 31 heavy (non-hydrogen) atoms. The summed E-state index contributed by atoms with van der Waals surface area (Å²) in [5.41, 5.74) is 1.24. The maximum Gasteiger partial charge on any atom is 0.343 e. The van der Waals surface area contributed by atoms with Crippen LogP contribution in [0.1, 0.15) is 10.4 Å². The van der Waals surface area contributed by atoms with Crippen molar-refractivity contribution in [3.8, 4) is 5.75 Å². The largest absolute Gasteiger partial charge is 0.423 e. The Kier molecular flexibility index (Phi) is 6.06. The molecular weight excluding hydrogens is 531 g/mol. The minimum absolute atomic E-state index is 0.0233. The van der Waals surface area contributed by atoms with Gasteiger partial charge in [0.25, 0.3) is 11.8 Å². The number of nitrogens with one attached hydrogen (secondary N) is 1. The molecule has 0 spiro atoms. The Morgan fingerprint density at radius 1 is 0.871 bits per heavy atom. The second-order valence-corrected chi connectivity index (χ2v) is 8.14. The van der Waals surface area contributed by atoms with E-state index in [4.69, 9.17) is 16.3 Å². The average Bonchev–Trinajstić information content (AvgIpc) is 2.99. The van der Waals surface area contributed by atoms with E-state index in [0.717, 1.165) is 8.47 Å². The van der Waals surface area contributed by atoms with Crippen LogP contribution in [0.5, 0.6) is 5.75 Å². The van der Waals surface area contributed by atoms with E-state index >= 15 is 0 Å². The van der Waals surface area contributed by atoms with Crippen LogP contribution < -0.4 is 15.0 Å². The molecule has 154 valence electrons. The second-order valence-electron chi connectivity index (χ2n) is 6.52. The highest BCUT2D eigenvalue weighted by atomic mass is 127. The van der Waals surface area contributed by atoms with E-state index in [1.807, 2.05) is 6.07 Å². The summed E-state index contributed by atoms with van der Waals surface area (Å²) in [6.45, 7) is 0. The van der Waals surface area contributed by atoms with Gasteiger partial charge < -0.3 is 10.1 Å². The first-order valence-electron chi connectivity index (χ1n) is 9.12. The zero-order valence-corrected chi connectivity index (χ0v) is 18.8. The summed E-state index contributed by atoms with van der Waals surface area (Å²) in [5.74, 6) is -1.22. The lowest BCUT2D eigenvalue weighted by molar-refractivity contribution is -0.120. The van der Waals surface area contributed by atoms with E-state index in [2.05, 4.69) is 27.9 Å². The van der Waals surface area contributed by atoms with Crippen LogP contribution in [-0.2, 0) is 9.59 Å². The van der Waals surface area contributed by atoms with Gasteiger partial charge in [0.1, 0.15) is 16.5 Å². The molecule has 0 atom stereocenters. The third kappa shape index (κ3) is 4.47. The van der Waals surface area contributed by atoms with Crippen LogP contribution in [0.4, 0.5) is 11.4 Å². The van der Waals surface area contributed by atoms with Crippen LogP contribution in [0.2, 0.25) is 0 Å². The number of hydrogen-bond donors (Lipinski definition) is 1. The molecule has 4 rings (SSSR count). The van der Waals surface area contributed by atoms with Crippen LogP contribution in [0.15, 0.2) is 89.6 Å². The van der Waals surface area contributed by atoms with Gasteiger partial charge in [0.15, 0.2) is 0 Å². The number of para-hydroxylation sites is 1. The molecule has 1 N–H and O–H groups in total. The minimum atomic E-state index is -0.599. The summed E-state index contributed by atoms with van der Waals surface area (Å²) < 4.78 is 6.27. The Morgan fingerprint density at radius 3 is 2.16 bits per heavy atom. The maximum atomic E-state index is 12.8. The van der Waals surface area contributed by atoms with Gasteiger partial charge in [-0.3, -0.25) is 9.59 Å². The summed E-state index contributed by atoms with van der Waals surface area (Å²) in [7, 11) is 0. The molecule has 1 aliphatic heterocycles. The molecule has 6 nitrogen and oxygen atoms in total. The Hall–Kier alpha value is -3.17. The zero-order chi connectivity index (χ0) is 22.0. The standard InChI is InChI=1S/C23H14ClIN2O4/c24-19-20(22(29)27(21(19)28)17-12-8-15(25)9-13-17)26-16-10-6-14(7-11-16)23(30)31-18-4-2-1-3-5-18/h1-13,26H. The Labute approximate surface area is 196 Å². The molecule has 3 aromatic carbocycles. The number of hydrogen-bond acceptors (Lipinski definition) is 5. The van der Waals surface area contributed by atoms with E-state index < -0.39 is 17.8 Å². The number of ether oxygens (including phenoxy) is 1. The zero-order valence-electron chi connectivity index (χ0n) is 15.8. The molecule has 8 heteroatoms. The van der Waals surface area contributed by atoms with Crippen molar-refractivity contribution in [1.29, 1.82) is 0 Å². The van der Waals surface area contributed by atoms with Crippen molar-refractivity contribution in [3.63, 3.8) is 0 Å². The number of amides is 2. The van der Waals surface area contributed by atoms with Crippen molar-refractivity contribution in [2.45, 2.75) is 0 Å². The fourth-order valence-corrected chi connectivity index (χ4v) is 3.50. The third-order valence-electron chi connectivity index (χ3n) is 4.46. The first-order valence-corrected chi connectivity index (χ1v) is 10.6.